The maximum atomic E-state index is 13.9. The first-order chi connectivity index (χ1) is 7.25. The number of phenolic OH excluding ortho intramolecular Hbond substituents is 1. The van der Waals surface area contributed by atoms with Gasteiger partial charge < -0.3 is 10.2 Å². The number of hydrogen-bond acceptors (Lipinski definition) is 2. The second-order valence-electron chi connectivity index (χ2n) is 4.54. The van der Waals surface area contributed by atoms with Gasteiger partial charge in [0.2, 0.25) is 0 Å². The Morgan fingerprint density at radius 1 is 1.44 bits per heavy atom. The largest absolute Gasteiger partial charge is 0.508 e. The second kappa shape index (κ2) is 4.12. The molecular formula is C12H15FO3. The van der Waals surface area contributed by atoms with E-state index in [-0.39, 0.29) is 17.7 Å². The zero-order chi connectivity index (χ0) is 12.5. The van der Waals surface area contributed by atoms with Crippen molar-refractivity contribution in [2.45, 2.75) is 32.6 Å². The normalized spacial score (nSPS) is 11.5. The molecule has 16 heavy (non-hydrogen) atoms. The van der Waals surface area contributed by atoms with E-state index in [1.807, 2.05) is 0 Å². The van der Waals surface area contributed by atoms with E-state index in [2.05, 4.69) is 0 Å². The Balaban J connectivity index is 3.31. The summed E-state index contributed by atoms with van der Waals surface area (Å²) in [5.74, 6) is -1.76. The molecule has 0 saturated heterocycles. The highest BCUT2D eigenvalue weighted by molar-refractivity contribution is 5.69. The number of hydrogen-bond donors (Lipinski definition) is 2. The summed E-state index contributed by atoms with van der Waals surface area (Å²) in [6.07, 6.45) is -0.235. The van der Waals surface area contributed by atoms with Gasteiger partial charge in [0.05, 0.1) is 6.42 Å². The summed E-state index contributed by atoms with van der Waals surface area (Å²) in [7, 11) is 0. The molecule has 1 aromatic carbocycles. The summed E-state index contributed by atoms with van der Waals surface area (Å²) in [5.41, 5.74) is -0.479. The van der Waals surface area contributed by atoms with Gasteiger partial charge in [0.25, 0.3) is 0 Å². The van der Waals surface area contributed by atoms with Gasteiger partial charge in [-0.1, -0.05) is 19.9 Å². The molecule has 0 aliphatic rings. The van der Waals surface area contributed by atoms with E-state index < -0.39 is 17.2 Å². The third kappa shape index (κ3) is 2.32. The summed E-state index contributed by atoms with van der Waals surface area (Å²) in [6.45, 7) is 4.77. The number of phenols is 1. The van der Waals surface area contributed by atoms with Gasteiger partial charge in [-0.15, -0.1) is 0 Å². The van der Waals surface area contributed by atoms with Crippen LogP contribution in [-0.2, 0) is 10.2 Å². The molecule has 0 amide bonds. The minimum absolute atomic E-state index is 0.0647. The van der Waals surface area contributed by atoms with Crippen molar-refractivity contribution < 1.29 is 19.4 Å². The molecule has 0 aromatic heterocycles. The molecule has 0 radical (unpaired) electrons. The smallest absolute Gasteiger partial charge is 0.304 e. The van der Waals surface area contributed by atoms with Gasteiger partial charge >= 0.3 is 5.97 Å². The highest BCUT2D eigenvalue weighted by Gasteiger charge is 2.30. The molecule has 1 rings (SSSR count). The molecule has 0 saturated carbocycles. The number of aryl methyl sites for hydroxylation is 1. The molecule has 2 N–H and O–H groups in total. The third-order valence-electron chi connectivity index (χ3n) is 2.58. The van der Waals surface area contributed by atoms with Crippen LogP contribution >= 0.6 is 0 Å². The lowest BCUT2D eigenvalue weighted by atomic mass is 9.80. The average molecular weight is 226 g/mol. The molecule has 0 heterocycles. The van der Waals surface area contributed by atoms with Gasteiger partial charge in [-0.2, -0.15) is 0 Å². The molecule has 3 nitrogen and oxygen atoms in total. The molecule has 0 aliphatic carbocycles. The lowest BCUT2D eigenvalue weighted by molar-refractivity contribution is -0.138. The van der Waals surface area contributed by atoms with Crippen molar-refractivity contribution >= 4 is 5.97 Å². The first-order valence-electron chi connectivity index (χ1n) is 4.96. The fourth-order valence-corrected chi connectivity index (χ4v) is 1.78. The zero-order valence-electron chi connectivity index (χ0n) is 9.54. The van der Waals surface area contributed by atoms with E-state index in [0.29, 0.717) is 5.56 Å². The van der Waals surface area contributed by atoms with Crippen LogP contribution in [0.25, 0.3) is 0 Å². The molecule has 0 spiro atoms. The van der Waals surface area contributed by atoms with E-state index in [0.717, 1.165) is 0 Å². The molecule has 1 aromatic rings. The van der Waals surface area contributed by atoms with Gasteiger partial charge in [0.1, 0.15) is 11.6 Å². The topological polar surface area (TPSA) is 57.5 Å². The number of halogens is 1. The fraction of sp³-hybridized carbons (Fsp3) is 0.417. The summed E-state index contributed by atoms with van der Waals surface area (Å²) in [5, 5.41) is 18.4. The van der Waals surface area contributed by atoms with Gasteiger partial charge in [-0.05, 0) is 18.6 Å². The van der Waals surface area contributed by atoms with Crippen LogP contribution in [0.3, 0.4) is 0 Å². The van der Waals surface area contributed by atoms with Crippen LogP contribution in [0.15, 0.2) is 12.1 Å². The lowest BCUT2D eigenvalue weighted by Crippen LogP contribution is -2.23. The van der Waals surface area contributed by atoms with E-state index in [1.54, 1.807) is 20.8 Å². The lowest BCUT2D eigenvalue weighted by Gasteiger charge is -2.25. The summed E-state index contributed by atoms with van der Waals surface area (Å²) >= 11 is 0. The van der Waals surface area contributed by atoms with Crippen LogP contribution in [0.2, 0.25) is 0 Å². The highest BCUT2D eigenvalue weighted by Crippen LogP contribution is 2.36. The van der Waals surface area contributed by atoms with Crippen molar-refractivity contribution in [2.75, 3.05) is 0 Å². The average Bonchev–Trinajstić information content (AvgIpc) is 2.09. The van der Waals surface area contributed by atoms with Crippen LogP contribution in [0.4, 0.5) is 4.39 Å². The number of aliphatic carboxylic acids is 1. The van der Waals surface area contributed by atoms with Gasteiger partial charge in [-0.25, -0.2) is 4.39 Å². The number of carboxylic acids is 1. The van der Waals surface area contributed by atoms with Crippen molar-refractivity contribution in [2.24, 2.45) is 0 Å². The van der Waals surface area contributed by atoms with Gasteiger partial charge in [-0.3, -0.25) is 4.79 Å². The molecule has 0 atom stereocenters. The van der Waals surface area contributed by atoms with E-state index >= 15 is 0 Å². The van der Waals surface area contributed by atoms with Gasteiger partial charge in [0, 0.05) is 11.0 Å². The van der Waals surface area contributed by atoms with Crippen LogP contribution in [0.5, 0.6) is 5.75 Å². The second-order valence-corrected chi connectivity index (χ2v) is 4.54. The first kappa shape index (κ1) is 12.5. The van der Waals surface area contributed by atoms with Crippen LogP contribution < -0.4 is 0 Å². The van der Waals surface area contributed by atoms with Crippen LogP contribution in [-0.4, -0.2) is 16.2 Å². The van der Waals surface area contributed by atoms with Crippen molar-refractivity contribution in [3.63, 3.8) is 0 Å². The molecule has 0 aliphatic heterocycles. The van der Waals surface area contributed by atoms with Gasteiger partial charge in [0.15, 0.2) is 0 Å². The summed E-state index contributed by atoms with van der Waals surface area (Å²) < 4.78 is 13.9. The standard InChI is InChI=1S/C12H15FO3/c1-7-4-5-8(14)10(11(7)13)12(2,3)6-9(15)16/h4-5,14H,6H2,1-3H3,(H,15,16). The van der Waals surface area contributed by atoms with Crippen molar-refractivity contribution in [1.82, 2.24) is 0 Å². The Kier molecular flexibility index (Phi) is 3.21. The third-order valence-corrected chi connectivity index (χ3v) is 2.58. The Bertz CT molecular complexity index is 425. The van der Waals surface area contributed by atoms with E-state index in [9.17, 15) is 14.3 Å². The number of carbonyl (C=O) groups is 1. The number of aromatic hydroxyl groups is 1. The molecule has 88 valence electrons. The Hall–Kier alpha value is -1.58. The number of benzene rings is 1. The maximum Gasteiger partial charge on any atom is 0.304 e. The zero-order valence-corrected chi connectivity index (χ0v) is 9.54. The number of rotatable bonds is 3. The molecule has 0 fully saturated rings. The monoisotopic (exact) mass is 226 g/mol. The van der Waals surface area contributed by atoms with E-state index in [4.69, 9.17) is 5.11 Å². The first-order valence-corrected chi connectivity index (χ1v) is 4.96. The Labute approximate surface area is 93.5 Å². The van der Waals surface area contributed by atoms with Crippen molar-refractivity contribution in [1.29, 1.82) is 0 Å². The molecule has 4 heteroatoms. The highest BCUT2D eigenvalue weighted by atomic mass is 19.1. The van der Waals surface area contributed by atoms with E-state index in [1.165, 1.54) is 12.1 Å². The fourth-order valence-electron chi connectivity index (χ4n) is 1.78. The Morgan fingerprint density at radius 2 is 2.00 bits per heavy atom. The maximum absolute atomic E-state index is 13.9. The predicted molar refractivity (Wildman–Crippen MR) is 58.1 cm³/mol. The quantitative estimate of drug-likeness (QED) is 0.832. The molecule has 0 unspecified atom stereocenters. The Morgan fingerprint density at radius 3 is 2.50 bits per heavy atom. The summed E-state index contributed by atoms with van der Waals surface area (Å²) in [6, 6.07) is 2.85. The molecule has 0 bridgehead atoms. The minimum atomic E-state index is -1.02. The summed E-state index contributed by atoms with van der Waals surface area (Å²) in [4.78, 5) is 10.7. The molecular weight excluding hydrogens is 211 g/mol. The number of carboxylic acid groups (broad SMARTS) is 1. The van der Waals surface area contributed by atoms with Crippen LogP contribution in [0, 0.1) is 12.7 Å². The minimum Gasteiger partial charge on any atom is -0.508 e. The van der Waals surface area contributed by atoms with Crippen molar-refractivity contribution in [3.05, 3.63) is 29.1 Å². The SMILES string of the molecule is Cc1ccc(O)c(C(C)(C)CC(=O)O)c1F. The predicted octanol–water partition coefficient (Wildman–Crippen LogP) is 2.59. The van der Waals surface area contributed by atoms with Crippen molar-refractivity contribution in [3.8, 4) is 5.75 Å². The van der Waals surface area contributed by atoms with Crippen LogP contribution in [0.1, 0.15) is 31.4 Å².